The number of piperazine rings is 1. The minimum absolute atomic E-state index is 0. The third-order valence-corrected chi connectivity index (χ3v) is 5.10. The monoisotopic (exact) mass is 328 g/mol. The Labute approximate surface area is 133 Å². The Morgan fingerprint density at radius 3 is 2.90 bits per heavy atom. The Bertz CT molecular complexity index is 673. The summed E-state index contributed by atoms with van der Waals surface area (Å²) in [5, 5.41) is 3.86. The average molecular weight is 329 g/mol. The fraction of sp³-hybridized carbons (Fsp3) is 0.400. The molecule has 1 saturated heterocycles. The van der Waals surface area contributed by atoms with Gasteiger partial charge in [0.05, 0.1) is 4.88 Å². The molecule has 0 unspecified atom stereocenters. The van der Waals surface area contributed by atoms with E-state index >= 15 is 0 Å². The van der Waals surface area contributed by atoms with Crippen molar-refractivity contribution in [3.8, 4) is 0 Å². The van der Waals surface area contributed by atoms with Crippen LogP contribution < -0.4 is 5.32 Å². The maximum atomic E-state index is 13.9. The summed E-state index contributed by atoms with van der Waals surface area (Å²) in [5.41, 5.74) is 0.763. The Morgan fingerprint density at radius 1 is 1.48 bits per heavy atom. The molecular formula is C15H18ClFN2OS. The number of nitrogens with one attached hydrogen (secondary N) is 1. The average Bonchev–Trinajstić information content (AvgIpc) is 2.77. The van der Waals surface area contributed by atoms with E-state index in [9.17, 15) is 9.18 Å². The van der Waals surface area contributed by atoms with Crippen molar-refractivity contribution in [2.75, 3.05) is 19.6 Å². The van der Waals surface area contributed by atoms with E-state index in [1.807, 2.05) is 24.8 Å². The fourth-order valence-electron chi connectivity index (χ4n) is 2.73. The quantitative estimate of drug-likeness (QED) is 0.872. The molecule has 0 saturated carbocycles. The van der Waals surface area contributed by atoms with Crippen LogP contribution in [0, 0.1) is 12.7 Å². The highest BCUT2D eigenvalue weighted by molar-refractivity contribution is 7.21. The smallest absolute Gasteiger partial charge is 0.264 e. The van der Waals surface area contributed by atoms with E-state index in [4.69, 9.17) is 0 Å². The summed E-state index contributed by atoms with van der Waals surface area (Å²) >= 11 is 1.39. The summed E-state index contributed by atoms with van der Waals surface area (Å²) in [6, 6.07) is 5.18. The van der Waals surface area contributed by atoms with E-state index in [2.05, 4.69) is 5.32 Å². The van der Waals surface area contributed by atoms with Crippen molar-refractivity contribution in [3.63, 3.8) is 0 Å². The van der Waals surface area contributed by atoms with Gasteiger partial charge < -0.3 is 10.2 Å². The van der Waals surface area contributed by atoms with Gasteiger partial charge in [-0.1, -0.05) is 6.07 Å². The van der Waals surface area contributed by atoms with Crippen LogP contribution in [-0.4, -0.2) is 36.5 Å². The molecule has 1 amide bonds. The Balaban J connectivity index is 0.00000161. The predicted octanol–water partition coefficient (Wildman–Crippen LogP) is 3.20. The Hall–Kier alpha value is -1.17. The van der Waals surface area contributed by atoms with Gasteiger partial charge in [0.25, 0.3) is 5.91 Å². The minimum atomic E-state index is -0.247. The molecule has 2 heterocycles. The number of thiophene rings is 1. The third-order valence-electron chi connectivity index (χ3n) is 3.86. The van der Waals surface area contributed by atoms with Crippen molar-refractivity contribution in [1.82, 2.24) is 10.2 Å². The minimum Gasteiger partial charge on any atom is -0.333 e. The SMILES string of the molecule is Cc1c(C(=O)N2CCNC[C@H]2C)sc2cccc(F)c12.Cl. The van der Waals surface area contributed by atoms with Gasteiger partial charge in [-0.3, -0.25) is 4.79 Å². The van der Waals surface area contributed by atoms with Crippen molar-refractivity contribution in [2.45, 2.75) is 19.9 Å². The lowest BCUT2D eigenvalue weighted by Crippen LogP contribution is -2.52. The number of fused-ring (bicyclic) bond motifs is 1. The summed E-state index contributed by atoms with van der Waals surface area (Å²) in [7, 11) is 0. The molecule has 1 aliphatic heterocycles. The summed E-state index contributed by atoms with van der Waals surface area (Å²) in [6.07, 6.45) is 0. The van der Waals surface area contributed by atoms with Gasteiger partial charge in [0.2, 0.25) is 0 Å². The molecule has 3 nitrogen and oxygen atoms in total. The Kier molecular flexibility index (Phi) is 4.86. The molecule has 1 aromatic heterocycles. The van der Waals surface area contributed by atoms with Crippen LogP contribution in [0.5, 0.6) is 0 Å². The van der Waals surface area contributed by atoms with Crippen LogP contribution in [0.3, 0.4) is 0 Å². The van der Waals surface area contributed by atoms with Gasteiger partial charge in [-0.25, -0.2) is 4.39 Å². The second-order valence-electron chi connectivity index (χ2n) is 5.22. The van der Waals surface area contributed by atoms with Crippen molar-refractivity contribution in [1.29, 1.82) is 0 Å². The van der Waals surface area contributed by atoms with Gasteiger partial charge in [-0.2, -0.15) is 0 Å². The van der Waals surface area contributed by atoms with Crippen LogP contribution in [0.1, 0.15) is 22.2 Å². The molecule has 1 atom stereocenters. The summed E-state index contributed by atoms with van der Waals surface area (Å²) < 4.78 is 14.8. The molecule has 1 aliphatic rings. The fourth-order valence-corrected chi connectivity index (χ4v) is 3.91. The zero-order chi connectivity index (χ0) is 14.3. The van der Waals surface area contributed by atoms with E-state index in [0.29, 0.717) is 16.8 Å². The highest BCUT2D eigenvalue weighted by Crippen LogP contribution is 2.33. The molecule has 1 N–H and O–H groups in total. The molecule has 2 aromatic rings. The maximum Gasteiger partial charge on any atom is 0.264 e. The normalized spacial score (nSPS) is 18.6. The first kappa shape index (κ1) is 16.2. The molecule has 114 valence electrons. The standard InChI is InChI=1S/C15H17FN2OS.ClH/c1-9-8-17-6-7-18(9)15(19)14-10(2)13-11(16)4-3-5-12(13)20-14;/h3-5,9,17H,6-8H2,1-2H3;1H/t9-;/m1./s1. The number of carbonyl (C=O) groups excluding carboxylic acids is 1. The van der Waals surface area contributed by atoms with Gasteiger partial charge >= 0.3 is 0 Å². The predicted molar refractivity (Wildman–Crippen MR) is 87.1 cm³/mol. The van der Waals surface area contributed by atoms with Crippen LogP contribution in [0.25, 0.3) is 10.1 Å². The van der Waals surface area contributed by atoms with Crippen LogP contribution in [0.15, 0.2) is 18.2 Å². The number of hydrogen-bond donors (Lipinski definition) is 1. The topological polar surface area (TPSA) is 32.3 Å². The number of nitrogens with zero attached hydrogens (tertiary/aromatic N) is 1. The number of aryl methyl sites for hydroxylation is 1. The lowest BCUT2D eigenvalue weighted by Gasteiger charge is -2.33. The van der Waals surface area contributed by atoms with Gasteiger partial charge in [0.15, 0.2) is 0 Å². The van der Waals surface area contributed by atoms with E-state index in [-0.39, 0.29) is 30.2 Å². The molecular weight excluding hydrogens is 311 g/mol. The highest BCUT2D eigenvalue weighted by atomic mass is 35.5. The summed E-state index contributed by atoms with van der Waals surface area (Å²) in [5.74, 6) is -0.222. The maximum absolute atomic E-state index is 13.9. The van der Waals surface area contributed by atoms with Crippen LogP contribution in [0.4, 0.5) is 4.39 Å². The van der Waals surface area contributed by atoms with Gasteiger partial charge in [0.1, 0.15) is 5.82 Å². The lowest BCUT2D eigenvalue weighted by molar-refractivity contribution is 0.0660. The number of rotatable bonds is 1. The molecule has 0 spiro atoms. The molecule has 21 heavy (non-hydrogen) atoms. The third kappa shape index (κ3) is 2.78. The summed E-state index contributed by atoms with van der Waals surface area (Å²) in [4.78, 5) is 15.2. The number of hydrogen-bond acceptors (Lipinski definition) is 3. The van der Waals surface area contributed by atoms with Crippen LogP contribution in [-0.2, 0) is 0 Å². The first-order valence-electron chi connectivity index (χ1n) is 6.79. The second-order valence-corrected chi connectivity index (χ2v) is 6.27. The first-order valence-corrected chi connectivity index (χ1v) is 7.60. The largest absolute Gasteiger partial charge is 0.333 e. The number of benzene rings is 1. The lowest BCUT2D eigenvalue weighted by atomic mass is 10.1. The Morgan fingerprint density at radius 2 is 2.24 bits per heavy atom. The molecule has 6 heteroatoms. The van der Waals surface area contributed by atoms with Gasteiger partial charge in [0, 0.05) is 35.8 Å². The summed E-state index contributed by atoms with van der Waals surface area (Å²) in [6.45, 7) is 6.20. The van der Waals surface area contributed by atoms with E-state index < -0.39 is 0 Å². The number of amides is 1. The zero-order valence-electron chi connectivity index (χ0n) is 12.0. The van der Waals surface area contributed by atoms with Crippen LogP contribution >= 0.6 is 23.7 Å². The first-order chi connectivity index (χ1) is 9.59. The van der Waals surface area contributed by atoms with Gasteiger partial charge in [-0.15, -0.1) is 23.7 Å². The van der Waals surface area contributed by atoms with E-state index in [1.165, 1.54) is 17.4 Å². The second kappa shape index (κ2) is 6.30. The highest BCUT2D eigenvalue weighted by Gasteiger charge is 2.27. The molecule has 0 bridgehead atoms. The molecule has 3 rings (SSSR count). The number of halogens is 2. The van der Waals surface area contributed by atoms with Crippen LogP contribution in [0.2, 0.25) is 0 Å². The van der Waals surface area contributed by atoms with Crippen molar-refractivity contribution in [2.24, 2.45) is 0 Å². The molecule has 0 aliphatic carbocycles. The molecule has 1 aromatic carbocycles. The van der Waals surface area contributed by atoms with Gasteiger partial charge in [-0.05, 0) is 31.5 Å². The molecule has 1 fully saturated rings. The van der Waals surface area contributed by atoms with Crippen molar-refractivity contribution >= 4 is 39.7 Å². The van der Waals surface area contributed by atoms with Crippen molar-refractivity contribution in [3.05, 3.63) is 34.5 Å². The van der Waals surface area contributed by atoms with E-state index in [1.54, 1.807) is 6.07 Å². The molecule has 0 radical (unpaired) electrons. The van der Waals surface area contributed by atoms with Crippen molar-refractivity contribution < 1.29 is 9.18 Å². The van der Waals surface area contributed by atoms with E-state index in [0.717, 1.165) is 23.4 Å². The zero-order valence-corrected chi connectivity index (χ0v) is 13.6. The number of carbonyl (C=O) groups is 1.